The van der Waals surface area contributed by atoms with Gasteiger partial charge in [-0.15, -0.1) is 0 Å². The topological polar surface area (TPSA) is 89.3 Å². The van der Waals surface area contributed by atoms with Crippen LogP contribution in [-0.2, 0) is 4.79 Å². The Labute approximate surface area is 66.6 Å². The van der Waals surface area contributed by atoms with Gasteiger partial charge in [0.1, 0.15) is 0 Å². The summed E-state index contributed by atoms with van der Waals surface area (Å²) in [6.07, 6.45) is 0.815. The smallest absolute Gasteiger partial charge is 0.303 e. The Morgan fingerprint density at radius 1 is 1.64 bits per heavy atom. The van der Waals surface area contributed by atoms with Gasteiger partial charge < -0.3 is 16.6 Å². The summed E-state index contributed by atoms with van der Waals surface area (Å²) in [6, 6.07) is -0.0869. The molecule has 0 aromatic carbocycles. The molecule has 0 aromatic heterocycles. The van der Waals surface area contributed by atoms with E-state index in [1.54, 1.807) is 0 Å². The Morgan fingerprint density at radius 3 is 2.55 bits per heavy atom. The fourth-order valence-electron chi connectivity index (χ4n) is 0.904. The number of hydrogen-bond donors (Lipinski definition) is 3. The number of rotatable bonds is 5. The van der Waals surface area contributed by atoms with Gasteiger partial charge in [0, 0.05) is 12.5 Å². The van der Waals surface area contributed by atoms with Gasteiger partial charge in [0.15, 0.2) is 0 Å². The number of hydrogen-bond acceptors (Lipinski definition) is 3. The van der Waals surface area contributed by atoms with E-state index in [-0.39, 0.29) is 18.4 Å². The highest BCUT2D eigenvalue weighted by molar-refractivity contribution is 5.67. The molecule has 5 N–H and O–H groups in total. The van der Waals surface area contributed by atoms with E-state index in [4.69, 9.17) is 16.6 Å². The predicted octanol–water partition coefficient (Wildman–Crippen LogP) is -0.227. The first-order valence-electron chi connectivity index (χ1n) is 3.75. The molecule has 0 fully saturated rings. The lowest BCUT2D eigenvalue weighted by Gasteiger charge is -2.16. The molecule has 0 saturated carbocycles. The van der Waals surface area contributed by atoms with Gasteiger partial charge in [-0.2, -0.15) is 0 Å². The molecule has 4 heteroatoms. The van der Waals surface area contributed by atoms with Crippen LogP contribution in [0, 0.1) is 5.92 Å². The van der Waals surface area contributed by atoms with Crippen molar-refractivity contribution in [2.45, 2.75) is 25.8 Å². The molecule has 0 rings (SSSR count). The van der Waals surface area contributed by atoms with Crippen molar-refractivity contribution < 1.29 is 9.90 Å². The van der Waals surface area contributed by atoms with Crippen molar-refractivity contribution in [2.75, 3.05) is 6.54 Å². The second-order valence-corrected chi connectivity index (χ2v) is 2.82. The summed E-state index contributed by atoms with van der Waals surface area (Å²) < 4.78 is 0. The van der Waals surface area contributed by atoms with Gasteiger partial charge in [0.2, 0.25) is 0 Å². The molecule has 0 radical (unpaired) electrons. The summed E-state index contributed by atoms with van der Waals surface area (Å²) >= 11 is 0. The van der Waals surface area contributed by atoms with Crippen LogP contribution in [0.2, 0.25) is 0 Å². The van der Waals surface area contributed by atoms with Crippen LogP contribution in [0.15, 0.2) is 0 Å². The largest absolute Gasteiger partial charge is 0.481 e. The maximum Gasteiger partial charge on any atom is 0.303 e. The minimum atomic E-state index is -0.801. The number of nitrogens with two attached hydrogens (primary N) is 2. The second kappa shape index (κ2) is 5.09. The molecule has 0 saturated heterocycles. The number of carboxylic acids is 1. The van der Waals surface area contributed by atoms with E-state index in [0.717, 1.165) is 0 Å². The average molecular weight is 160 g/mol. The van der Waals surface area contributed by atoms with Crippen LogP contribution in [0.5, 0.6) is 0 Å². The summed E-state index contributed by atoms with van der Waals surface area (Å²) in [5.74, 6) is -0.791. The summed E-state index contributed by atoms with van der Waals surface area (Å²) in [6.45, 7) is 2.35. The van der Waals surface area contributed by atoms with Gasteiger partial charge in [-0.25, -0.2) is 0 Å². The van der Waals surface area contributed by atoms with Crippen molar-refractivity contribution in [3.05, 3.63) is 0 Å². The maximum absolute atomic E-state index is 10.2. The molecule has 2 unspecified atom stereocenters. The Morgan fingerprint density at radius 2 is 2.18 bits per heavy atom. The Bertz CT molecular complexity index is 128. The van der Waals surface area contributed by atoms with Gasteiger partial charge in [0.05, 0.1) is 0 Å². The van der Waals surface area contributed by atoms with Gasteiger partial charge in [-0.05, 0) is 18.9 Å². The van der Waals surface area contributed by atoms with Crippen molar-refractivity contribution in [3.8, 4) is 0 Å². The third-order valence-electron chi connectivity index (χ3n) is 1.73. The summed E-state index contributed by atoms with van der Waals surface area (Å²) in [5, 5.41) is 8.41. The first-order chi connectivity index (χ1) is 5.07. The zero-order valence-corrected chi connectivity index (χ0v) is 6.79. The number of aliphatic carboxylic acids is 1. The van der Waals surface area contributed by atoms with Crippen LogP contribution in [-0.4, -0.2) is 23.7 Å². The molecule has 0 aliphatic rings. The third-order valence-corrected chi connectivity index (χ3v) is 1.73. The minimum Gasteiger partial charge on any atom is -0.481 e. The highest BCUT2D eigenvalue weighted by Gasteiger charge is 2.14. The molecule has 0 bridgehead atoms. The molecule has 0 amide bonds. The Kier molecular flexibility index (Phi) is 4.81. The summed E-state index contributed by atoms with van der Waals surface area (Å²) in [5.41, 5.74) is 10.9. The fourth-order valence-corrected chi connectivity index (χ4v) is 0.904. The predicted molar refractivity (Wildman–Crippen MR) is 43.1 cm³/mol. The molecular weight excluding hydrogens is 144 g/mol. The van der Waals surface area contributed by atoms with Gasteiger partial charge >= 0.3 is 5.97 Å². The number of carbonyl (C=O) groups is 1. The quantitative estimate of drug-likeness (QED) is 0.518. The van der Waals surface area contributed by atoms with Crippen LogP contribution in [0.1, 0.15) is 19.8 Å². The molecule has 0 spiro atoms. The molecule has 11 heavy (non-hydrogen) atoms. The van der Waals surface area contributed by atoms with E-state index in [9.17, 15) is 4.79 Å². The summed E-state index contributed by atoms with van der Waals surface area (Å²) in [4.78, 5) is 10.2. The van der Waals surface area contributed by atoms with Crippen LogP contribution in [0.25, 0.3) is 0 Å². The third kappa shape index (κ3) is 4.75. The van der Waals surface area contributed by atoms with E-state index in [1.165, 1.54) is 0 Å². The van der Waals surface area contributed by atoms with E-state index in [1.807, 2.05) is 6.92 Å². The first kappa shape index (κ1) is 10.4. The average Bonchev–Trinajstić information content (AvgIpc) is 1.86. The van der Waals surface area contributed by atoms with Gasteiger partial charge in [0.25, 0.3) is 0 Å². The number of carboxylic acid groups (broad SMARTS) is 1. The van der Waals surface area contributed by atoms with Crippen molar-refractivity contribution >= 4 is 5.97 Å². The highest BCUT2D eigenvalue weighted by atomic mass is 16.4. The zero-order valence-electron chi connectivity index (χ0n) is 6.79. The van der Waals surface area contributed by atoms with Crippen molar-refractivity contribution in [3.63, 3.8) is 0 Å². The van der Waals surface area contributed by atoms with Gasteiger partial charge in [-0.1, -0.05) is 6.92 Å². The van der Waals surface area contributed by atoms with Gasteiger partial charge in [-0.3, -0.25) is 4.79 Å². The lowest BCUT2D eigenvalue weighted by molar-refractivity contribution is -0.138. The molecule has 2 atom stereocenters. The molecule has 0 aliphatic carbocycles. The molecule has 66 valence electrons. The molecule has 4 nitrogen and oxygen atoms in total. The second-order valence-electron chi connectivity index (χ2n) is 2.82. The lowest BCUT2D eigenvalue weighted by atomic mass is 9.97. The van der Waals surface area contributed by atoms with Crippen LogP contribution in [0.3, 0.4) is 0 Å². The SMILES string of the molecule is CC(CC(=O)O)C(N)CCN. The van der Waals surface area contributed by atoms with Crippen LogP contribution >= 0.6 is 0 Å². The zero-order chi connectivity index (χ0) is 8.85. The van der Waals surface area contributed by atoms with Crippen molar-refractivity contribution in [1.29, 1.82) is 0 Å². The first-order valence-corrected chi connectivity index (χ1v) is 3.75. The van der Waals surface area contributed by atoms with Crippen LogP contribution in [0.4, 0.5) is 0 Å². The molecule has 0 aliphatic heterocycles. The molecular formula is C7H16N2O2. The van der Waals surface area contributed by atoms with Crippen molar-refractivity contribution in [1.82, 2.24) is 0 Å². The fraction of sp³-hybridized carbons (Fsp3) is 0.857. The van der Waals surface area contributed by atoms with E-state index in [2.05, 4.69) is 0 Å². The van der Waals surface area contributed by atoms with Crippen LogP contribution < -0.4 is 11.5 Å². The Hall–Kier alpha value is -0.610. The monoisotopic (exact) mass is 160 g/mol. The normalized spacial score (nSPS) is 15.9. The highest BCUT2D eigenvalue weighted by Crippen LogP contribution is 2.08. The maximum atomic E-state index is 10.2. The van der Waals surface area contributed by atoms with E-state index in [0.29, 0.717) is 13.0 Å². The molecule has 0 aromatic rings. The Balaban J connectivity index is 3.63. The minimum absolute atomic E-state index is 0.0102. The summed E-state index contributed by atoms with van der Waals surface area (Å²) in [7, 11) is 0. The van der Waals surface area contributed by atoms with E-state index < -0.39 is 5.97 Å². The van der Waals surface area contributed by atoms with Crippen molar-refractivity contribution in [2.24, 2.45) is 17.4 Å². The lowest BCUT2D eigenvalue weighted by Crippen LogP contribution is -2.32. The standard InChI is InChI=1S/C7H16N2O2/c1-5(4-7(10)11)6(9)2-3-8/h5-6H,2-4,8-9H2,1H3,(H,10,11). The van der Waals surface area contributed by atoms with E-state index >= 15 is 0 Å². The molecule has 0 heterocycles.